The fraction of sp³-hybridized carbons (Fsp3) is 0.0952. The number of carbonyl (C=O) groups is 1. The van der Waals surface area contributed by atoms with Crippen molar-refractivity contribution in [2.75, 3.05) is 7.11 Å². The fourth-order valence-electron chi connectivity index (χ4n) is 2.70. The molecule has 30 heavy (non-hydrogen) atoms. The number of nitriles is 1. The van der Waals surface area contributed by atoms with E-state index in [1.54, 1.807) is 30.3 Å². The molecule has 0 saturated heterocycles. The Hall–Kier alpha value is -4.32. The van der Waals surface area contributed by atoms with Gasteiger partial charge in [-0.1, -0.05) is 12.1 Å². The third kappa shape index (κ3) is 4.07. The molecule has 1 heterocycles. The molecule has 150 valence electrons. The van der Waals surface area contributed by atoms with Crippen molar-refractivity contribution in [3.63, 3.8) is 0 Å². The van der Waals surface area contributed by atoms with Crippen LogP contribution < -0.4 is 15.7 Å². The lowest BCUT2D eigenvalue weighted by Gasteiger charge is -2.10. The molecule has 3 rings (SSSR count). The van der Waals surface area contributed by atoms with Gasteiger partial charge in [0.15, 0.2) is 5.69 Å². The molecule has 0 radical (unpaired) electrons. The maximum atomic E-state index is 13.2. The van der Waals surface area contributed by atoms with Crippen LogP contribution in [0.15, 0.2) is 58.4 Å². The highest BCUT2D eigenvalue weighted by molar-refractivity contribution is 5.95. The van der Waals surface area contributed by atoms with Gasteiger partial charge in [-0.15, -0.1) is 0 Å². The predicted octanol–water partition coefficient (Wildman–Crippen LogP) is 2.32. The van der Waals surface area contributed by atoms with Crippen LogP contribution in [0.25, 0.3) is 5.69 Å². The third-order valence-corrected chi connectivity index (χ3v) is 4.24. The number of nitrogens with zero attached hydrogens (tertiary/aromatic N) is 4. The first kappa shape index (κ1) is 20.4. The van der Waals surface area contributed by atoms with Gasteiger partial charge in [-0.05, 0) is 43.3 Å². The highest BCUT2D eigenvalue weighted by atomic mass is 19.1. The summed E-state index contributed by atoms with van der Waals surface area (Å²) >= 11 is 0. The maximum absolute atomic E-state index is 13.2. The van der Waals surface area contributed by atoms with Gasteiger partial charge in [0.2, 0.25) is 0 Å². The highest BCUT2D eigenvalue weighted by Crippen LogP contribution is 2.15. The summed E-state index contributed by atoms with van der Waals surface area (Å²) in [6, 6.07) is 13.8. The highest BCUT2D eigenvalue weighted by Gasteiger charge is 2.20. The second kappa shape index (κ2) is 8.79. The zero-order valence-corrected chi connectivity index (χ0v) is 16.1. The first-order valence-electron chi connectivity index (χ1n) is 8.72. The lowest BCUT2D eigenvalue weighted by molar-refractivity contribution is 0.0947. The Balaban J connectivity index is 1.96. The largest absolute Gasteiger partial charge is 0.496 e. The number of carbonyl (C=O) groups excluding carboxylic acids is 1. The molecule has 1 amide bonds. The maximum Gasteiger partial charge on any atom is 0.292 e. The second-order valence-corrected chi connectivity index (χ2v) is 6.09. The average Bonchev–Trinajstić information content (AvgIpc) is 2.75. The van der Waals surface area contributed by atoms with E-state index >= 15 is 0 Å². The summed E-state index contributed by atoms with van der Waals surface area (Å²) in [5.41, 5.74) is 2.18. The monoisotopic (exact) mass is 405 g/mol. The van der Waals surface area contributed by atoms with Gasteiger partial charge in [0.25, 0.3) is 11.5 Å². The van der Waals surface area contributed by atoms with Crippen molar-refractivity contribution in [1.29, 1.82) is 5.26 Å². The number of amides is 1. The number of methoxy groups -OCH3 is 1. The Morgan fingerprint density at radius 3 is 2.63 bits per heavy atom. The van der Waals surface area contributed by atoms with Crippen LogP contribution in [0.2, 0.25) is 0 Å². The molecule has 8 nitrogen and oxygen atoms in total. The number of hydrazone groups is 1. The number of rotatable bonds is 5. The lowest BCUT2D eigenvalue weighted by Crippen LogP contribution is -2.31. The molecule has 0 fully saturated rings. The molecule has 0 saturated carbocycles. The Labute approximate surface area is 170 Å². The summed E-state index contributed by atoms with van der Waals surface area (Å²) in [4.78, 5) is 25.2. The van der Waals surface area contributed by atoms with E-state index in [1.807, 2.05) is 0 Å². The molecule has 1 N–H and O–H groups in total. The second-order valence-electron chi connectivity index (χ2n) is 6.09. The van der Waals surface area contributed by atoms with Crippen molar-refractivity contribution in [3.05, 3.63) is 87.1 Å². The fourth-order valence-corrected chi connectivity index (χ4v) is 2.70. The van der Waals surface area contributed by atoms with Crippen LogP contribution in [0.3, 0.4) is 0 Å². The first-order valence-corrected chi connectivity index (χ1v) is 8.72. The number of ether oxygens (including phenoxy) is 1. The lowest BCUT2D eigenvalue weighted by atomic mass is 10.1. The van der Waals surface area contributed by atoms with E-state index in [1.165, 1.54) is 32.4 Å². The summed E-state index contributed by atoms with van der Waals surface area (Å²) in [6.07, 6.45) is 1.40. The molecule has 0 spiro atoms. The molecule has 0 aliphatic carbocycles. The van der Waals surface area contributed by atoms with Crippen LogP contribution in [0.1, 0.15) is 27.2 Å². The molecule has 3 aromatic rings. The number of benzene rings is 2. The standard InChI is InChI=1S/C21H16FN5O3/c1-13-17(11-23)21(29)27(16-9-7-15(22)8-10-16)26-19(13)20(28)25-24-12-14-5-3-4-6-18(14)30-2/h3-10,12H,1-2H3,(H,25,28)/b24-12+. The average molecular weight is 405 g/mol. The Morgan fingerprint density at radius 1 is 1.27 bits per heavy atom. The van der Waals surface area contributed by atoms with Crippen molar-refractivity contribution >= 4 is 12.1 Å². The molecule has 0 aliphatic rings. The van der Waals surface area contributed by atoms with Crippen molar-refractivity contribution in [2.45, 2.75) is 6.92 Å². The number of halogens is 1. The van der Waals surface area contributed by atoms with Crippen molar-refractivity contribution in [2.24, 2.45) is 5.10 Å². The molecule has 0 bridgehead atoms. The van der Waals surface area contributed by atoms with Crippen molar-refractivity contribution in [3.8, 4) is 17.5 Å². The number of para-hydroxylation sites is 1. The number of nitrogens with one attached hydrogen (secondary N) is 1. The van der Waals surface area contributed by atoms with E-state index in [-0.39, 0.29) is 22.5 Å². The van der Waals surface area contributed by atoms with Gasteiger partial charge >= 0.3 is 0 Å². The van der Waals surface area contributed by atoms with E-state index < -0.39 is 17.3 Å². The Kier molecular flexibility index (Phi) is 5.98. The summed E-state index contributed by atoms with van der Waals surface area (Å²) < 4.78 is 19.3. The topological polar surface area (TPSA) is 109 Å². The van der Waals surface area contributed by atoms with Gasteiger partial charge in [-0.3, -0.25) is 9.59 Å². The summed E-state index contributed by atoms with van der Waals surface area (Å²) in [6.45, 7) is 1.45. The van der Waals surface area contributed by atoms with Gasteiger partial charge in [0.05, 0.1) is 19.0 Å². The normalized spacial score (nSPS) is 10.6. The Bertz CT molecular complexity index is 1230. The molecular weight excluding hydrogens is 389 g/mol. The zero-order valence-electron chi connectivity index (χ0n) is 16.1. The zero-order chi connectivity index (χ0) is 21.7. The number of hydrogen-bond acceptors (Lipinski definition) is 6. The smallest absolute Gasteiger partial charge is 0.292 e. The Morgan fingerprint density at radius 2 is 1.97 bits per heavy atom. The van der Waals surface area contributed by atoms with E-state index in [0.29, 0.717) is 11.3 Å². The predicted molar refractivity (Wildman–Crippen MR) is 107 cm³/mol. The summed E-state index contributed by atoms with van der Waals surface area (Å²) in [5.74, 6) is -0.643. The minimum Gasteiger partial charge on any atom is -0.496 e. The molecule has 0 unspecified atom stereocenters. The van der Waals surface area contributed by atoms with Crippen molar-refractivity contribution < 1.29 is 13.9 Å². The van der Waals surface area contributed by atoms with Crippen LogP contribution in [0, 0.1) is 24.1 Å². The van der Waals surface area contributed by atoms with E-state index in [2.05, 4.69) is 15.6 Å². The number of aromatic nitrogens is 2. The van der Waals surface area contributed by atoms with Crippen LogP contribution in [-0.2, 0) is 0 Å². The SMILES string of the molecule is COc1ccccc1/C=N/NC(=O)c1nn(-c2ccc(F)cc2)c(=O)c(C#N)c1C. The van der Waals surface area contributed by atoms with Gasteiger partial charge in [-0.25, -0.2) is 9.82 Å². The van der Waals surface area contributed by atoms with E-state index in [4.69, 9.17) is 4.74 Å². The van der Waals surface area contributed by atoms with E-state index in [9.17, 15) is 19.2 Å². The quantitative estimate of drug-likeness (QED) is 0.518. The first-order chi connectivity index (χ1) is 14.5. The summed E-state index contributed by atoms with van der Waals surface area (Å²) in [7, 11) is 1.51. The van der Waals surface area contributed by atoms with Crippen LogP contribution >= 0.6 is 0 Å². The number of hydrogen-bond donors (Lipinski definition) is 1. The molecular formula is C21H16FN5O3. The van der Waals surface area contributed by atoms with E-state index in [0.717, 1.165) is 16.8 Å². The molecule has 0 aliphatic heterocycles. The summed E-state index contributed by atoms with van der Waals surface area (Å²) in [5, 5.41) is 17.3. The third-order valence-electron chi connectivity index (χ3n) is 4.24. The van der Waals surface area contributed by atoms with Crippen LogP contribution in [0.4, 0.5) is 4.39 Å². The van der Waals surface area contributed by atoms with Gasteiger partial charge in [-0.2, -0.15) is 20.1 Å². The minimum atomic E-state index is -0.717. The van der Waals surface area contributed by atoms with Gasteiger partial charge < -0.3 is 4.74 Å². The molecule has 2 aromatic carbocycles. The molecule has 9 heteroatoms. The van der Waals surface area contributed by atoms with Crippen LogP contribution in [-0.4, -0.2) is 29.0 Å². The van der Waals surface area contributed by atoms with Crippen LogP contribution in [0.5, 0.6) is 5.75 Å². The van der Waals surface area contributed by atoms with Crippen molar-refractivity contribution in [1.82, 2.24) is 15.2 Å². The van der Waals surface area contributed by atoms with Gasteiger partial charge in [0.1, 0.15) is 23.2 Å². The molecule has 0 atom stereocenters. The minimum absolute atomic E-state index is 0.117. The molecule has 1 aromatic heterocycles. The van der Waals surface area contributed by atoms with Gasteiger partial charge in [0, 0.05) is 11.1 Å².